The summed E-state index contributed by atoms with van der Waals surface area (Å²) >= 11 is 6.77. The van der Waals surface area contributed by atoms with Crippen molar-refractivity contribution in [2.45, 2.75) is 13.7 Å². The number of nitrogens with two attached hydrogens (primary N) is 1. The van der Waals surface area contributed by atoms with Crippen LogP contribution >= 0.6 is 35.7 Å². The summed E-state index contributed by atoms with van der Waals surface area (Å²) in [6, 6.07) is 0. The fraction of sp³-hybridized carbons (Fsp3) is 0. The maximum Gasteiger partial charge on any atom is 0.181 e. The zero-order valence-corrected chi connectivity index (χ0v) is 9.31. The first-order chi connectivity index (χ1) is 6.75. The van der Waals surface area contributed by atoms with Gasteiger partial charge in [0.15, 0.2) is 14.5 Å². The van der Waals surface area contributed by atoms with Gasteiger partial charge < -0.3 is 5.73 Å². The Labute approximate surface area is 93.6 Å². The molecule has 0 atom stereocenters. The van der Waals surface area contributed by atoms with E-state index in [2.05, 4.69) is 32.8 Å². The lowest BCUT2D eigenvalue weighted by molar-refractivity contribution is 0.954. The second-order valence-electron chi connectivity index (χ2n) is 2.20. The van der Waals surface area contributed by atoms with E-state index in [1.165, 1.54) is 23.1 Å². The highest BCUT2D eigenvalue weighted by Gasteiger charge is 2.07. The number of anilines is 1. The zero-order valence-electron chi connectivity index (χ0n) is 6.78. The van der Waals surface area contributed by atoms with Crippen molar-refractivity contribution in [2.24, 2.45) is 0 Å². The molecule has 72 valence electrons. The normalized spacial score (nSPS) is 10.4. The quantitative estimate of drug-likeness (QED) is 0.775. The molecule has 0 spiro atoms. The van der Waals surface area contributed by atoms with E-state index in [-0.39, 0.29) is 0 Å². The van der Waals surface area contributed by atoms with Crippen molar-refractivity contribution < 1.29 is 0 Å². The Morgan fingerprint density at radius 2 is 2.07 bits per heavy atom. The minimum atomic E-state index is 0.397. The molecule has 8 heteroatoms. The van der Waals surface area contributed by atoms with Gasteiger partial charge in [0.25, 0.3) is 0 Å². The molecule has 0 unspecified atom stereocenters. The van der Waals surface area contributed by atoms with Crippen LogP contribution in [0.5, 0.6) is 0 Å². The third kappa shape index (κ3) is 2.14. The monoisotopic (exact) mass is 243 g/mol. The molecule has 0 aliphatic carbocycles. The van der Waals surface area contributed by atoms with Crippen LogP contribution in [0.1, 0.15) is 0 Å². The molecule has 0 aliphatic rings. The molecule has 0 aliphatic heterocycles. The molecule has 0 saturated carbocycles. The smallest absolute Gasteiger partial charge is 0.181 e. The van der Waals surface area contributed by atoms with E-state index < -0.39 is 0 Å². The standard InChI is InChI=1S/C6H5N5S3/c7-3-4(9-2-1-8-3)13-6-11-10-5(12)14-6/h1-2H,(H2,7,8)(H,10,12). The third-order valence-corrected chi connectivity index (χ3v) is 3.42. The van der Waals surface area contributed by atoms with E-state index in [1.807, 2.05) is 0 Å². The molecule has 5 nitrogen and oxygen atoms in total. The number of nitrogen functional groups attached to an aromatic ring is 1. The van der Waals surface area contributed by atoms with Gasteiger partial charge in [-0.2, -0.15) is 0 Å². The Hall–Kier alpha value is -0.860. The zero-order chi connectivity index (χ0) is 9.97. The van der Waals surface area contributed by atoms with E-state index >= 15 is 0 Å². The summed E-state index contributed by atoms with van der Waals surface area (Å²) in [5.41, 5.74) is 5.62. The van der Waals surface area contributed by atoms with Gasteiger partial charge in [0.2, 0.25) is 0 Å². The van der Waals surface area contributed by atoms with Gasteiger partial charge in [0, 0.05) is 12.4 Å². The Kier molecular flexibility index (Phi) is 2.85. The predicted molar refractivity (Wildman–Crippen MR) is 57.7 cm³/mol. The van der Waals surface area contributed by atoms with Crippen molar-refractivity contribution in [3.63, 3.8) is 0 Å². The van der Waals surface area contributed by atoms with Gasteiger partial charge in [-0.3, -0.25) is 0 Å². The highest BCUT2D eigenvalue weighted by molar-refractivity contribution is 8.01. The van der Waals surface area contributed by atoms with Gasteiger partial charge in [-0.05, 0) is 11.8 Å². The van der Waals surface area contributed by atoms with Gasteiger partial charge in [0.05, 0.1) is 0 Å². The summed E-state index contributed by atoms with van der Waals surface area (Å²) < 4.78 is 1.37. The highest BCUT2D eigenvalue weighted by atomic mass is 32.2. The number of hydrogen-bond donors (Lipinski definition) is 2. The molecule has 0 aromatic carbocycles. The molecule has 0 amide bonds. The Bertz CT molecular complexity index is 443. The van der Waals surface area contributed by atoms with Gasteiger partial charge in [-0.1, -0.05) is 11.3 Å². The van der Waals surface area contributed by atoms with Crippen molar-refractivity contribution >= 4 is 41.5 Å². The minimum Gasteiger partial charge on any atom is -0.381 e. The van der Waals surface area contributed by atoms with E-state index in [9.17, 15) is 0 Å². The second-order valence-corrected chi connectivity index (χ2v) is 5.14. The Morgan fingerprint density at radius 3 is 2.71 bits per heavy atom. The molecule has 14 heavy (non-hydrogen) atoms. The number of rotatable bonds is 2. The number of nitrogens with zero attached hydrogens (tertiary/aromatic N) is 4. The lowest BCUT2D eigenvalue weighted by Crippen LogP contribution is -1.94. The summed E-state index contributed by atoms with van der Waals surface area (Å²) in [4.78, 5) is 7.99. The van der Waals surface area contributed by atoms with Gasteiger partial charge in [-0.15, -0.1) is 22.8 Å². The largest absolute Gasteiger partial charge is 0.381 e. The average Bonchev–Trinajstić information content (AvgIpc) is 2.56. The molecule has 2 rings (SSSR count). The average molecular weight is 243 g/mol. The van der Waals surface area contributed by atoms with E-state index in [4.69, 9.17) is 5.73 Å². The fourth-order valence-electron chi connectivity index (χ4n) is 0.741. The van der Waals surface area contributed by atoms with Crippen molar-refractivity contribution in [3.05, 3.63) is 12.4 Å². The van der Waals surface area contributed by atoms with Crippen LogP contribution in [-0.4, -0.2) is 20.2 Å². The highest BCUT2D eigenvalue weighted by Crippen LogP contribution is 2.31. The molecule has 0 bridgehead atoms. The molecule has 2 heterocycles. The van der Waals surface area contributed by atoms with Crippen LogP contribution in [0.15, 0.2) is 26.1 Å². The molecule has 0 fully saturated rings. The first-order valence-electron chi connectivity index (χ1n) is 3.52. The molecule has 2 aromatic rings. The van der Waals surface area contributed by atoms with E-state index in [0.29, 0.717) is 15.2 Å². The lowest BCUT2D eigenvalue weighted by Gasteiger charge is -1.97. The van der Waals surface area contributed by atoms with Gasteiger partial charge in [0.1, 0.15) is 5.03 Å². The summed E-state index contributed by atoms with van der Waals surface area (Å²) in [5.74, 6) is 0.397. The molecular weight excluding hydrogens is 238 g/mol. The number of thiol groups is 1. The van der Waals surface area contributed by atoms with Gasteiger partial charge in [-0.25, -0.2) is 9.97 Å². The van der Waals surface area contributed by atoms with Gasteiger partial charge >= 0.3 is 0 Å². The number of aromatic nitrogens is 4. The van der Waals surface area contributed by atoms with Crippen molar-refractivity contribution in [1.29, 1.82) is 0 Å². The van der Waals surface area contributed by atoms with E-state index in [0.717, 1.165) is 4.34 Å². The van der Waals surface area contributed by atoms with Crippen LogP contribution in [-0.2, 0) is 0 Å². The van der Waals surface area contributed by atoms with Crippen molar-refractivity contribution in [3.8, 4) is 0 Å². The third-order valence-electron chi connectivity index (χ3n) is 1.27. The minimum absolute atomic E-state index is 0.397. The molecular formula is C6H5N5S3. The fourth-order valence-corrected chi connectivity index (χ4v) is 2.71. The second kappa shape index (κ2) is 4.11. The summed E-state index contributed by atoms with van der Waals surface area (Å²) in [7, 11) is 0. The topological polar surface area (TPSA) is 77.6 Å². The Balaban J connectivity index is 2.23. The molecule has 2 N–H and O–H groups in total. The van der Waals surface area contributed by atoms with E-state index in [1.54, 1.807) is 12.4 Å². The molecule has 2 aromatic heterocycles. The van der Waals surface area contributed by atoms with Crippen LogP contribution in [0.3, 0.4) is 0 Å². The molecule has 0 radical (unpaired) electrons. The summed E-state index contributed by atoms with van der Waals surface area (Å²) in [6.07, 6.45) is 3.13. The first-order valence-corrected chi connectivity index (χ1v) is 5.60. The van der Waals surface area contributed by atoms with Crippen LogP contribution in [0.4, 0.5) is 5.82 Å². The van der Waals surface area contributed by atoms with Crippen molar-refractivity contribution in [1.82, 2.24) is 20.2 Å². The van der Waals surface area contributed by atoms with Crippen LogP contribution < -0.4 is 5.73 Å². The van der Waals surface area contributed by atoms with Crippen LogP contribution in [0.25, 0.3) is 0 Å². The maximum atomic E-state index is 5.62. The van der Waals surface area contributed by atoms with Crippen molar-refractivity contribution in [2.75, 3.05) is 5.73 Å². The summed E-state index contributed by atoms with van der Waals surface area (Å²) in [5, 5.41) is 8.29. The maximum absolute atomic E-state index is 5.62. The van der Waals surface area contributed by atoms with Crippen LogP contribution in [0, 0.1) is 0 Å². The number of hydrogen-bond acceptors (Lipinski definition) is 8. The summed E-state index contributed by atoms with van der Waals surface area (Å²) in [6.45, 7) is 0. The lowest BCUT2D eigenvalue weighted by atomic mass is 10.7. The van der Waals surface area contributed by atoms with Crippen LogP contribution in [0.2, 0.25) is 0 Å². The Morgan fingerprint density at radius 1 is 1.29 bits per heavy atom. The molecule has 0 saturated heterocycles. The first kappa shape index (κ1) is 9.69. The predicted octanol–water partition coefficient (Wildman–Crippen LogP) is 1.35. The SMILES string of the molecule is Nc1nccnc1Sc1nnc(S)s1.